The van der Waals surface area contributed by atoms with Crippen LogP contribution in [0.4, 0.5) is 5.69 Å². The third kappa shape index (κ3) is 4.06. The lowest BCUT2D eigenvalue weighted by Crippen LogP contribution is -2.49. The second-order valence-corrected chi connectivity index (χ2v) is 6.55. The molecule has 24 heavy (non-hydrogen) atoms. The molecule has 1 N–H and O–H groups in total. The zero-order chi connectivity index (χ0) is 16.9. The minimum Gasteiger partial charge on any atom is -0.379 e. The van der Waals surface area contributed by atoms with Gasteiger partial charge in [0, 0.05) is 51.1 Å². The van der Waals surface area contributed by atoms with Crippen LogP contribution in [0.5, 0.6) is 0 Å². The summed E-state index contributed by atoms with van der Waals surface area (Å²) >= 11 is 0. The van der Waals surface area contributed by atoms with E-state index in [0.29, 0.717) is 18.8 Å². The van der Waals surface area contributed by atoms with Crippen LogP contribution in [-0.2, 0) is 9.47 Å². The summed E-state index contributed by atoms with van der Waals surface area (Å²) in [4.78, 5) is 17.2. The molecular weight excluding hydrogens is 306 g/mol. The molecule has 1 aromatic carbocycles. The highest BCUT2D eigenvalue weighted by atomic mass is 16.5. The molecule has 6 nitrogen and oxygen atoms in total. The Morgan fingerprint density at radius 1 is 1.21 bits per heavy atom. The number of nitrogens with zero attached hydrogens (tertiary/aromatic N) is 2. The number of carbonyl (C=O) groups excluding carboxylic acids is 1. The molecule has 2 fully saturated rings. The van der Waals surface area contributed by atoms with Gasteiger partial charge in [-0.1, -0.05) is 0 Å². The lowest BCUT2D eigenvalue weighted by Gasteiger charge is -2.34. The molecular formula is C18H27N3O3. The molecule has 1 aromatic rings. The maximum absolute atomic E-state index is 12.5. The van der Waals surface area contributed by atoms with Gasteiger partial charge in [0.25, 0.3) is 5.91 Å². The van der Waals surface area contributed by atoms with Crippen LogP contribution >= 0.6 is 0 Å². The van der Waals surface area contributed by atoms with E-state index < -0.39 is 0 Å². The summed E-state index contributed by atoms with van der Waals surface area (Å²) in [5.74, 6) is -0.0473. The fourth-order valence-electron chi connectivity index (χ4n) is 3.25. The van der Waals surface area contributed by atoms with Gasteiger partial charge >= 0.3 is 0 Å². The quantitative estimate of drug-likeness (QED) is 0.890. The summed E-state index contributed by atoms with van der Waals surface area (Å²) in [6.07, 6.45) is 0.705. The molecule has 0 spiro atoms. The standard InChI is InChI=1S/C18H27N3O3/c1-20-8-10-21(11-9-20)15-5-3-14(4-6-15)18(22)19-16-7-12-24-13-17(16)23-2/h3-6,16-17H,7-13H2,1-2H3,(H,19,22)/t16-,17-/m1/s1. The largest absolute Gasteiger partial charge is 0.379 e. The summed E-state index contributed by atoms with van der Waals surface area (Å²) in [6.45, 7) is 5.39. The topological polar surface area (TPSA) is 54.0 Å². The van der Waals surface area contributed by atoms with Gasteiger partial charge in [-0.3, -0.25) is 4.79 Å². The van der Waals surface area contributed by atoms with Gasteiger partial charge in [-0.05, 0) is 37.7 Å². The predicted octanol–water partition coefficient (Wildman–Crippen LogP) is 0.972. The Hall–Kier alpha value is -1.63. The van der Waals surface area contributed by atoms with Crippen molar-refractivity contribution < 1.29 is 14.3 Å². The van der Waals surface area contributed by atoms with Crippen LogP contribution in [-0.4, -0.2) is 76.5 Å². The average Bonchev–Trinajstić information content (AvgIpc) is 2.63. The molecule has 0 radical (unpaired) electrons. The van der Waals surface area contributed by atoms with Crippen LogP contribution in [0.3, 0.4) is 0 Å². The van der Waals surface area contributed by atoms with E-state index in [2.05, 4.69) is 22.2 Å². The number of anilines is 1. The Balaban J connectivity index is 1.59. The van der Waals surface area contributed by atoms with E-state index in [1.165, 1.54) is 5.69 Å². The van der Waals surface area contributed by atoms with Crippen molar-refractivity contribution in [3.63, 3.8) is 0 Å². The molecule has 3 rings (SSSR count). The molecule has 0 aromatic heterocycles. The number of ether oxygens (including phenoxy) is 2. The molecule has 2 aliphatic rings. The number of carbonyl (C=O) groups is 1. The van der Waals surface area contributed by atoms with Crippen LogP contribution in [0, 0.1) is 0 Å². The van der Waals surface area contributed by atoms with Crippen LogP contribution in [0.25, 0.3) is 0 Å². The molecule has 2 heterocycles. The summed E-state index contributed by atoms with van der Waals surface area (Å²) in [7, 11) is 3.80. The number of rotatable bonds is 4. The minimum absolute atomic E-state index is 0.00792. The second-order valence-electron chi connectivity index (χ2n) is 6.55. The third-order valence-electron chi connectivity index (χ3n) is 4.92. The number of nitrogens with one attached hydrogen (secondary N) is 1. The van der Waals surface area contributed by atoms with E-state index in [1.807, 2.05) is 24.3 Å². The lowest BCUT2D eigenvalue weighted by molar-refractivity contribution is -0.0479. The number of amides is 1. The summed E-state index contributed by atoms with van der Waals surface area (Å²) < 4.78 is 10.8. The maximum atomic E-state index is 12.5. The van der Waals surface area contributed by atoms with Gasteiger partial charge in [-0.25, -0.2) is 0 Å². The monoisotopic (exact) mass is 333 g/mol. The maximum Gasteiger partial charge on any atom is 0.251 e. The van der Waals surface area contributed by atoms with Gasteiger partial charge < -0.3 is 24.6 Å². The van der Waals surface area contributed by atoms with Crippen molar-refractivity contribution in [1.29, 1.82) is 0 Å². The van der Waals surface area contributed by atoms with Gasteiger partial charge in [0.15, 0.2) is 0 Å². The minimum atomic E-state index is -0.0766. The van der Waals surface area contributed by atoms with E-state index in [1.54, 1.807) is 7.11 Å². The van der Waals surface area contributed by atoms with Crippen LogP contribution in [0.15, 0.2) is 24.3 Å². The molecule has 132 valence electrons. The van der Waals surface area contributed by atoms with Gasteiger partial charge in [0.1, 0.15) is 6.10 Å². The highest BCUT2D eigenvalue weighted by Gasteiger charge is 2.27. The number of benzene rings is 1. The van der Waals surface area contributed by atoms with Gasteiger partial charge in [-0.2, -0.15) is 0 Å². The molecule has 1 amide bonds. The number of hydrogen-bond donors (Lipinski definition) is 1. The average molecular weight is 333 g/mol. The lowest BCUT2D eigenvalue weighted by atomic mass is 10.1. The molecule has 2 aliphatic heterocycles. The van der Waals surface area contributed by atoms with Crippen molar-refractivity contribution in [3.8, 4) is 0 Å². The predicted molar refractivity (Wildman–Crippen MR) is 93.6 cm³/mol. The fourth-order valence-corrected chi connectivity index (χ4v) is 3.25. The van der Waals surface area contributed by atoms with E-state index in [0.717, 1.165) is 32.6 Å². The van der Waals surface area contributed by atoms with E-state index in [-0.39, 0.29) is 18.1 Å². The van der Waals surface area contributed by atoms with Gasteiger partial charge in [0.2, 0.25) is 0 Å². The molecule has 0 unspecified atom stereocenters. The first-order valence-corrected chi connectivity index (χ1v) is 8.62. The first kappa shape index (κ1) is 17.2. The van der Waals surface area contributed by atoms with Crippen molar-refractivity contribution in [2.24, 2.45) is 0 Å². The smallest absolute Gasteiger partial charge is 0.251 e. The van der Waals surface area contributed by atoms with Crippen LogP contribution < -0.4 is 10.2 Å². The summed E-state index contributed by atoms with van der Waals surface area (Å²) in [5.41, 5.74) is 1.87. The zero-order valence-electron chi connectivity index (χ0n) is 14.5. The van der Waals surface area contributed by atoms with Crippen molar-refractivity contribution in [2.75, 3.05) is 58.5 Å². The number of likely N-dealkylation sites (N-methyl/N-ethyl adjacent to an activating group) is 1. The van der Waals surface area contributed by atoms with Crippen molar-refractivity contribution in [1.82, 2.24) is 10.2 Å². The van der Waals surface area contributed by atoms with E-state index in [4.69, 9.17) is 9.47 Å². The van der Waals surface area contributed by atoms with Gasteiger partial charge in [-0.15, -0.1) is 0 Å². The SMILES string of the molecule is CO[C@@H]1COCC[C@H]1NC(=O)c1ccc(N2CCN(C)CC2)cc1. The van der Waals surface area contributed by atoms with E-state index >= 15 is 0 Å². The Labute approximate surface area is 143 Å². The Kier molecular flexibility index (Phi) is 5.71. The molecule has 0 aliphatic carbocycles. The Bertz CT molecular complexity index is 541. The number of piperazine rings is 1. The Morgan fingerprint density at radius 3 is 2.58 bits per heavy atom. The summed E-state index contributed by atoms with van der Waals surface area (Å²) in [5, 5.41) is 3.08. The van der Waals surface area contributed by atoms with Crippen molar-refractivity contribution in [3.05, 3.63) is 29.8 Å². The summed E-state index contributed by atoms with van der Waals surface area (Å²) in [6, 6.07) is 7.90. The van der Waals surface area contributed by atoms with Crippen LogP contribution in [0.2, 0.25) is 0 Å². The fraction of sp³-hybridized carbons (Fsp3) is 0.611. The van der Waals surface area contributed by atoms with Crippen LogP contribution in [0.1, 0.15) is 16.8 Å². The van der Waals surface area contributed by atoms with Crippen molar-refractivity contribution in [2.45, 2.75) is 18.6 Å². The molecule has 2 saturated heterocycles. The highest BCUT2D eigenvalue weighted by molar-refractivity contribution is 5.94. The first-order valence-electron chi connectivity index (χ1n) is 8.62. The Morgan fingerprint density at radius 2 is 1.92 bits per heavy atom. The zero-order valence-corrected chi connectivity index (χ0v) is 14.5. The van der Waals surface area contributed by atoms with Gasteiger partial charge in [0.05, 0.1) is 12.6 Å². The molecule has 6 heteroatoms. The number of methoxy groups -OCH3 is 1. The third-order valence-corrected chi connectivity index (χ3v) is 4.92. The molecule has 0 saturated carbocycles. The highest BCUT2D eigenvalue weighted by Crippen LogP contribution is 2.18. The first-order chi connectivity index (χ1) is 11.7. The van der Waals surface area contributed by atoms with Crippen molar-refractivity contribution >= 4 is 11.6 Å². The normalized spacial score (nSPS) is 25.5. The second kappa shape index (κ2) is 7.96. The molecule has 2 atom stereocenters. The molecule has 0 bridgehead atoms. The number of hydrogen-bond acceptors (Lipinski definition) is 5. The van der Waals surface area contributed by atoms with E-state index in [9.17, 15) is 4.79 Å².